The van der Waals surface area contributed by atoms with E-state index < -0.39 is 0 Å². The van der Waals surface area contributed by atoms with Crippen molar-refractivity contribution in [2.45, 2.75) is 6.42 Å². The third-order valence-electron chi connectivity index (χ3n) is 3.02. The van der Waals surface area contributed by atoms with Gasteiger partial charge in [0.15, 0.2) is 0 Å². The minimum atomic E-state index is -0.252. The quantitative estimate of drug-likeness (QED) is 0.823. The number of aromatic nitrogens is 2. The fraction of sp³-hybridized carbons (Fsp3) is 0.286. The SMILES string of the molecule is COc1cc(N)c(Cl)cc1C(=O)NCCc1cnn(C)c1. The molecule has 1 amide bonds. The second-order valence-corrected chi connectivity index (χ2v) is 5.01. The molecule has 0 fully saturated rings. The summed E-state index contributed by atoms with van der Waals surface area (Å²) in [6, 6.07) is 3.05. The number of hydrogen-bond donors (Lipinski definition) is 2. The van der Waals surface area contributed by atoms with Gasteiger partial charge in [0.2, 0.25) is 0 Å². The normalized spacial score (nSPS) is 10.4. The van der Waals surface area contributed by atoms with E-state index >= 15 is 0 Å². The number of aryl methyl sites for hydroxylation is 1. The summed E-state index contributed by atoms with van der Waals surface area (Å²) in [5.41, 5.74) is 7.49. The molecular formula is C14H17ClN4O2. The number of ether oxygens (including phenoxy) is 1. The maximum absolute atomic E-state index is 12.2. The molecule has 0 aliphatic carbocycles. The van der Waals surface area contributed by atoms with Crippen LogP contribution < -0.4 is 15.8 Å². The topological polar surface area (TPSA) is 82.2 Å². The average molecular weight is 309 g/mol. The summed E-state index contributed by atoms with van der Waals surface area (Å²) in [6.45, 7) is 0.496. The van der Waals surface area contributed by atoms with Crippen LogP contribution in [-0.2, 0) is 13.5 Å². The van der Waals surface area contributed by atoms with Crippen molar-refractivity contribution in [2.24, 2.45) is 7.05 Å². The van der Waals surface area contributed by atoms with Crippen LogP contribution in [0, 0.1) is 0 Å². The number of nitrogens with two attached hydrogens (primary N) is 1. The zero-order chi connectivity index (χ0) is 15.4. The van der Waals surface area contributed by atoms with Crippen LogP contribution in [0.3, 0.4) is 0 Å². The van der Waals surface area contributed by atoms with Crippen LogP contribution in [0.15, 0.2) is 24.5 Å². The minimum Gasteiger partial charge on any atom is -0.496 e. The van der Waals surface area contributed by atoms with Crippen molar-refractivity contribution in [3.8, 4) is 5.75 Å². The van der Waals surface area contributed by atoms with Gasteiger partial charge >= 0.3 is 0 Å². The van der Waals surface area contributed by atoms with E-state index in [9.17, 15) is 4.79 Å². The van der Waals surface area contributed by atoms with Crippen LogP contribution >= 0.6 is 11.6 Å². The molecule has 1 aromatic carbocycles. The molecule has 0 aliphatic heterocycles. The highest BCUT2D eigenvalue weighted by molar-refractivity contribution is 6.33. The van der Waals surface area contributed by atoms with Gasteiger partial charge in [-0.25, -0.2) is 0 Å². The molecule has 0 radical (unpaired) electrons. The van der Waals surface area contributed by atoms with E-state index in [2.05, 4.69) is 10.4 Å². The van der Waals surface area contributed by atoms with Gasteiger partial charge in [-0.05, 0) is 18.1 Å². The number of hydrogen-bond acceptors (Lipinski definition) is 4. The second-order valence-electron chi connectivity index (χ2n) is 4.60. The third kappa shape index (κ3) is 3.66. The number of nitrogens with zero attached hydrogens (tertiary/aromatic N) is 2. The highest BCUT2D eigenvalue weighted by Crippen LogP contribution is 2.28. The highest BCUT2D eigenvalue weighted by atomic mass is 35.5. The Morgan fingerprint density at radius 2 is 2.29 bits per heavy atom. The molecule has 0 saturated heterocycles. The van der Waals surface area contributed by atoms with Gasteiger partial charge in [0.25, 0.3) is 5.91 Å². The first-order chi connectivity index (χ1) is 10.0. The Kier molecular flexibility index (Phi) is 4.70. The average Bonchev–Trinajstić information content (AvgIpc) is 2.86. The zero-order valence-electron chi connectivity index (χ0n) is 11.9. The van der Waals surface area contributed by atoms with Gasteiger partial charge in [0.1, 0.15) is 5.75 Å². The first-order valence-corrected chi connectivity index (χ1v) is 6.77. The fourth-order valence-electron chi connectivity index (χ4n) is 1.93. The van der Waals surface area contributed by atoms with Gasteiger partial charge < -0.3 is 15.8 Å². The van der Waals surface area contributed by atoms with Gasteiger partial charge in [0, 0.05) is 25.9 Å². The van der Waals surface area contributed by atoms with Gasteiger partial charge in [-0.15, -0.1) is 0 Å². The first kappa shape index (κ1) is 15.2. The van der Waals surface area contributed by atoms with Crippen molar-refractivity contribution in [3.05, 3.63) is 40.7 Å². The van der Waals surface area contributed by atoms with E-state index in [0.29, 0.717) is 35.0 Å². The predicted octanol–water partition coefficient (Wildman–Crippen LogP) is 1.64. The van der Waals surface area contributed by atoms with E-state index in [-0.39, 0.29) is 5.91 Å². The van der Waals surface area contributed by atoms with Gasteiger partial charge in [-0.3, -0.25) is 9.48 Å². The lowest BCUT2D eigenvalue weighted by Gasteiger charge is -2.11. The lowest BCUT2D eigenvalue weighted by Crippen LogP contribution is -2.26. The lowest BCUT2D eigenvalue weighted by molar-refractivity contribution is 0.0951. The molecule has 21 heavy (non-hydrogen) atoms. The van der Waals surface area contributed by atoms with Crippen molar-refractivity contribution < 1.29 is 9.53 Å². The Hall–Kier alpha value is -2.21. The number of carbonyl (C=O) groups is 1. The van der Waals surface area contributed by atoms with E-state index in [4.69, 9.17) is 22.1 Å². The van der Waals surface area contributed by atoms with Gasteiger partial charge in [-0.1, -0.05) is 11.6 Å². The first-order valence-electron chi connectivity index (χ1n) is 6.40. The van der Waals surface area contributed by atoms with Crippen molar-refractivity contribution in [3.63, 3.8) is 0 Å². The summed E-state index contributed by atoms with van der Waals surface area (Å²) in [4.78, 5) is 12.2. The standard InChI is InChI=1S/C14H17ClN4O2/c1-19-8-9(7-18-19)3-4-17-14(20)10-5-11(15)12(16)6-13(10)21-2/h5-8H,3-4,16H2,1-2H3,(H,17,20). The molecule has 1 aromatic heterocycles. The maximum Gasteiger partial charge on any atom is 0.255 e. The van der Waals surface area contributed by atoms with Crippen LogP contribution in [-0.4, -0.2) is 29.3 Å². The molecule has 7 heteroatoms. The number of halogens is 1. The number of rotatable bonds is 5. The molecule has 3 N–H and O–H groups in total. The van der Waals surface area contributed by atoms with Crippen LogP contribution in [0.25, 0.3) is 0 Å². The van der Waals surface area contributed by atoms with E-state index in [1.807, 2.05) is 13.2 Å². The molecule has 6 nitrogen and oxygen atoms in total. The Morgan fingerprint density at radius 3 is 2.90 bits per heavy atom. The number of benzene rings is 1. The maximum atomic E-state index is 12.2. The molecule has 2 rings (SSSR count). The summed E-state index contributed by atoms with van der Waals surface area (Å²) >= 11 is 5.95. The largest absolute Gasteiger partial charge is 0.496 e. The molecule has 1 heterocycles. The number of nitrogens with one attached hydrogen (secondary N) is 1. The summed E-state index contributed by atoms with van der Waals surface area (Å²) in [7, 11) is 3.33. The van der Waals surface area contributed by atoms with Crippen LogP contribution in [0.2, 0.25) is 5.02 Å². The Morgan fingerprint density at radius 1 is 1.52 bits per heavy atom. The molecule has 0 atom stereocenters. The predicted molar refractivity (Wildman–Crippen MR) is 81.7 cm³/mol. The van der Waals surface area contributed by atoms with E-state index in [0.717, 1.165) is 5.56 Å². The fourth-order valence-corrected chi connectivity index (χ4v) is 2.10. The summed E-state index contributed by atoms with van der Waals surface area (Å²) < 4.78 is 6.88. The molecule has 112 valence electrons. The summed E-state index contributed by atoms with van der Waals surface area (Å²) in [6.07, 6.45) is 4.38. The molecular weight excluding hydrogens is 292 g/mol. The second kappa shape index (κ2) is 6.49. The Bertz CT molecular complexity index is 654. The summed E-state index contributed by atoms with van der Waals surface area (Å²) in [5.74, 6) is 0.147. The number of methoxy groups -OCH3 is 1. The van der Waals surface area contributed by atoms with Crippen molar-refractivity contribution in [1.82, 2.24) is 15.1 Å². The molecule has 0 aliphatic rings. The highest BCUT2D eigenvalue weighted by Gasteiger charge is 2.14. The monoisotopic (exact) mass is 308 g/mol. The number of carbonyl (C=O) groups excluding carboxylic acids is 1. The smallest absolute Gasteiger partial charge is 0.255 e. The van der Waals surface area contributed by atoms with Gasteiger partial charge in [-0.2, -0.15) is 5.10 Å². The Balaban J connectivity index is 2.01. The third-order valence-corrected chi connectivity index (χ3v) is 3.35. The number of amides is 1. The molecule has 0 spiro atoms. The van der Waals surface area contributed by atoms with E-state index in [1.54, 1.807) is 16.9 Å². The van der Waals surface area contributed by atoms with Crippen molar-refractivity contribution in [2.75, 3.05) is 19.4 Å². The van der Waals surface area contributed by atoms with Crippen LogP contribution in [0.1, 0.15) is 15.9 Å². The van der Waals surface area contributed by atoms with Crippen molar-refractivity contribution >= 4 is 23.2 Å². The van der Waals surface area contributed by atoms with Crippen LogP contribution in [0.4, 0.5) is 5.69 Å². The molecule has 0 saturated carbocycles. The molecule has 0 bridgehead atoms. The van der Waals surface area contributed by atoms with Crippen molar-refractivity contribution in [1.29, 1.82) is 0 Å². The number of anilines is 1. The number of nitrogen functional groups attached to an aromatic ring is 1. The lowest BCUT2D eigenvalue weighted by atomic mass is 10.1. The summed E-state index contributed by atoms with van der Waals surface area (Å²) in [5, 5.41) is 7.22. The van der Waals surface area contributed by atoms with E-state index in [1.165, 1.54) is 13.2 Å². The Labute approximate surface area is 127 Å². The molecule has 2 aromatic rings. The minimum absolute atomic E-state index is 0.252. The van der Waals surface area contributed by atoms with Gasteiger partial charge in [0.05, 0.1) is 29.6 Å². The van der Waals surface area contributed by atoms with Crippen LogP contribution in [0.5, 0.6) is 5.75 Å². The zero-order valence-corrected chi connectivity index (χ0v) is 12.6. The molecule has 0 unspecified atom stereocenters.